The van der Waals surface area contributed by atoms with E-state index in [9.17, 15) is 0 Å². The van der Waals surface area contributed by atoms with Crippen LogP contribution in [-0.4, -0.2) is 4.98 Å². The fraction of sp³-hybridized carbons (Fsp3) is 0.118. The van der Waals surface area contributed by atoms with E-state index >= 15 is 0 Å². The number of fused-ring (bicyclic) bond motifs is 1. The minimum Gasteiger partial charge on any atom is -0.457 e. The van der Waals surface area contributed by atoms with Gasteiger partial charge < -0.3 is 4.74 Å². The van der Waals surface area contributed by atoms with Crippen molar-refractivity contribution in [1.29, 1.82) is 0 Å². The Morgan fingerprint density at radius 3 is 2.80 bits per heavy atom. The minimum atomic E-state index is 0.835. The molecule has 3 heteroatoms. The maximum absolute atomic E-state index is 6.02. The molecule has 0 amide bonds. The number of alkyl halides is 1. The zero-order valence-corrected chi connectivity index (χ0v) is 12.7. The minimum absolute atomic E-state index is 0.835. The van der Waals surface area contributed by atoms with Gasteiger partial charge in [-0.25, -0.2) is 0 Å². The summed E-state index contributed by atoms with van der Waals surface area (Å²) in [5.41, 5.74) is 3.44. The lowest BCUT2D eigenvalue weighted by Gasteiger charge is -2.10. The van der Waals surface area contributed by atoms with Crippen LogP contribution in [0.25, 0.3) is 10.9 Å². The number of pyridine rings is 1. The zero-order valence-electron chi connectivity index (χ0n) is 11.1. The fourth-order valence-corrected chi connectivity index (χ4v) is 2.80. The fourth-order valence-electron chi connectivity index (χ4n) is 2.17. The quantitative estimate of drug-likeness (QED) is 0.614. The Kier molecular flexibility index (Phi) is 3.70. The van der Waals surface area contributed by atoms with Gasteiger partial charge in [-0.1, -0.05) is 28.1 Å². The summed E-state index contributed by atoms with van der Waals surface area (Å²) in [7, 11) is 0. The number of aromatic nitrogens is 1. The predicted molar refractivity (Wildman–Crippen MR) is 85.6 cm³/mol. The molecule has 0 fully saturated rings. The third-order valence-electron chi connectivity index (χ3n) is 3.29. The van der Waals surface area contributed by atoms with Crippen molar-refractivity contribution in [3.05, 3.63) is 65.9 Å². The normalized spacial score (nSPS) is 10.7. The first-order chi connectivity index (χ1) is 9.78. The first kappa shape index (κ1) is 13.1. The molecule has 0 saturated carbocycles. The summed E-state index contributed by atoms with van der Waals surface area (Å²) in [4.78, 5) is 4.34. The Morgan fingerprint density at radius 1 is 1.10 bits per heavy atom. The number of nitrogens with zero attached hydrogens (tertiary/aromatic N) is 1. The highest BCUT2D eigenvalue weighted by Gasteiger charge is 2.05. The van der Waals surface area contributed by atoms with Gasteiger partial charge in [0.2, 0.25) is 0 Å². The van der Waals surface area contributed by atoms with Gasteiger partial charge in [0.15, 0.2) is 0 Å². The molecule has 0 N–H and O–H groups in total. The second-order valence-electron chi connectivity index (χ2n) is 4.65. The third-order valence-corrected chi connectivity index (χ3v) is 3.90. The van der Waals surface area contributed by atoms with Gasteiger partial charge in [0, 0.05) is 16.9 Å². The number of ether oxygens (including phenoxy) is 1. The lowest BCUT2D eigenvalue weighted by molar-refractivity contribution is 0.487. The molecule has 0 atom stereocenters. The molecule has 3 rings (SSSR count). The molecule has 2 aromatic carbocycles. The molecule has 0 aliphatic rings. The second kappa shape index (κ2) is 5.63. The van der Waals surface area contributed by atoms with E-state index in [0.29, 0.717) is 0 Å². The van der Waals surface area contributed by atoms with Gasteiger partial charge in [0.1, 0.15) is 11.5 Å². The molecule has 20 heavy (non-hydrogen) atoms. The largest absolute Gasteiger partial charge is 0.457 e. The van der Waals surface area contributed by atoms with Crippen LogP contribution >= 0.6 is 15.9 Å². The molecule has 0 bridgehead atoms. The van der Waals surface area contributed by atoms with Gasteiger partial charge in [-0.2, -0.15) is 0 Å². The average Bonchev–Trinajstić information content (AvgIpc) is 2.48. The summed E-state index contributed by atoms with van der Waals surface area (Å²) in [6, 6.07) is 16.0. The molecule has 100 valence electrons. The summed E-state index contributed by atoms with van der Waals surface area (Å²) in [5.74, 6) is 1.69. The van der Waals surface area contributed by atoms with E-state index in [1.807, 2.05) is 36.4 Å². The Balaban J connectivity index is 1.99. The second-order valence-corrected chi connectivity index (χ2v) is 5.21. The number of halogens is 1. The van der Waals surface area contributed by atoms with Crippen LogP contribution in [0.3, 0.4) is 0 Å². The van der Waals surface area contributed by atoms with Crippen LogP contribution in [0, 0.1) is 6.92 Å². The van der Waals surface area contributed by atoms with Crippen molar-refractivity contribution in [3.8, 4) is 11.5 Å². The Morgan fingerprint density at radius 2 is 2.00 bits per heavy atom. The van der Waals surface area contributed by atoms with E-state index < -0.39 is 0 Å². The predicted octanol–water partition coefficient (Wildman–Crippen LogP) is 5.23. The highest BCUT2D eigenvalue weighted by Crippen LogP contribution is 2.30. The molecule has 0 unspecified atom stereocenters. The van der Waals surface area contributed by atoms with Crippen LogP contribution in [0.5, 0.6) is 11.5 Å². The lowest BCUT2D eigenvalue weighted by Crippen LogP contribution is -1.90. The molecule has 3 aromatic rings. The van der Waals surface area contributed by atoms with E-state index in [-0.39, 0.29) is 0 Å². The SMILES string of the molecule is Cc1cc(Oc2cccc3ncccc23)ccc1CBr. The van der Waals surface area contributed by atoms with Crippen molar-refractivity contribution in [1.82, 2.24) is 4.98 Å². The maximum Gasteiger partial charge on any atom is 0.136 e. The highest BCUT2D eigenvalue weighted by atomic mass is 79.9. The molecule has 0 aliphatic carbocycles. The monoisotopic (exact) mass is 327 g/mol. The van der Waals surface area contributed by atoms with Gasteiger partial charge in [-0.15, -0.1) is 0 Å². The maximum atomic E-state index is 6.02. The highest BCUT2D eigenvalue weighted by molar-refractivity contribution is 9.08. The first-order valence-corrected chi connectivity index (χ1v) is 7.57. The average molecular weight is 328 g/mol. The number of aryl methyl sites for hydroxylation is 1. The zero-order chi connectivity index (χ0) is 13.9. The van der Waals surface area contributed by atoms with Gasteiger partial charge in [-0.05, 0) is 54.4 Å². The van der Waals surface area contributed by atoms with Crippen LogP contribution in [0.2, 0.25) is 0 Å². The van der Waals surface area contributed by atoms with Crippen molar-refractivity contribution in [2.45, 2.75) is 12.3 Å². The molecule has 0 saturated heterocycles. The first-order valence-electron chi connectivity index (χ1n) is 6.45. The standard InChI is InChI=1S/C17H14BrNO/c1-12-10-14(8-7-13(12)11-18)20-17-6-2-5-16-15(17)4-3-9-19-16/h2-10H,11H2,1H3. The molecular weight excluding hydrogens is 314 g/mol. The molecular formula is C17H14BrNO. The Labute approximate surface area is 126 Å². The molecule has 0 radical (unpaired) electrons. The Hall–Kier alpha value is -1.87. The van der Waals surface area contributed by atoms with Crippen LogP contribution in [0.1, 0.15) is 11.1 Å². The number of hydrogen-bond donors (Lipinski definition) is 0. The van der Waals surface area contributed by atoms with Crippen LogP contribution in [0.15, 0.2) is 54.7 Å². The molecule has 0 aliphatic heterocycles. The summed E-state index contributed by atoms with van der Waals surface area (Å²) in [6.45, 7) is 2.09. The number of hydrogen-bond acceptors (Lipinski definition) is 2. The molecule has 1 heterocycles. The number of benzene rings is 2. The van der Waals surface area contributed by atoms with Crippen LogP contribution in [0.4, 0.5) is 0 Å². The lowest BCUT2D eigenvalue weighted by atomic mass is 10.1. The smallest absolute Gasteiger partial charge is 0.136 e. The van der Waals surface area contributed by atoms with E-state index in [0.717, 1.165) is 27.7 Å². The topological polar surface area (TPSA) is 22.1 Å². The van der Waals surface area contributed by atoms with E-state index in [1.54, 1.807) is 6.20 Å². The van der Waals surface area contributed by atoms with E-state index in [1.165, 1.54) is 11.1 Å². The Bertz CT molecular complexity index is 750. The van der Waals surface area contributed by atoms with Gasteiger partial charge in [-0.3, -0.25) is 4.98 Å². The third kappa shape index (κ3) is 2.54. The van der Waals surface area contributed by atoms with Crippen molar-refractivity contribution in [2.24, 2.45) is 0 Å². The summed E-state index contributed by atoms with van der Waals surface area (Å²) >= 11 is 3.48. The van der Waals surface area contributed by atoms with Gasteiger partial charge >= 0.3 is 0 Å². The summed E-state index contributed by atoms with van der Waals surface area (Å²) in [5, 5.41) is 1.88. The van der Waals surface area contributed by atoms with Crippen molar-refractivity contribution >= 4 is 26.8 Å². The van der Waals surface area contributed by atoms with Gasteiger partial charge in [0.25, 0.3) is 0 Å². The van der Waals surface area contributed by atoms with Crippen LogP contribution < -0.4 is 4.74 Å². The summed E-state index contributed by atoms with van der Waals surface area (Å²) < 4.78 is 6.02. The van der Waals surface area contributed by atoms with Crippen molar-refractivity contribution in [2.75, 3.05) is 0 Å². The summed E-state index contributed by atoms with van der Waals surface area (Å²) in [6.07, 6.45) is 1.79. The van der Waals surface area contributed by atoms with E-state index in [2.05, 4.69) is 40.0 Å². The number of rotatable bonds is 3. The van der Waals surface area contributed by atoms with Crippen molar-refractivity contribution < 1.29 is 4.74 Å². The van der Waals surface area contributed by atoms with Gasteiger partial charge in [0.05, 0.1) is 5.52 Å². The van der Waals surface area contributed by atoms with Crippen molar-refractivity contribution in [3.63, 3.8) is 0 Å². The molecule has 1 aromatic heterocycles. The molecule has 2 nitrogen and oxygen atoms in total. The van der Waals surface area contributed by atoms with E-state index in [4.69, 9.17) is 4.74 Å². The molecule has 0 spiro atoms. The van der Waals surface area contributed by atoms with Crippen LogP contribution in [-0.2, 0) is 5.33 Å².